The molecule has 3 rings (SSSR count). The Labute approximate surface area is 131 Å². The molecule has 1 aliphatic heterocycles. The molecule has 1 amide bonds. The number of fused-ring (bicyclic) bond motifs is 1. The van der Waals surface area contributed by atoms with Gasteiger partial charge in [0.2, 0.25) is 0 Å². The number of carbonyl (C=O) groups excluding carboxylic acids is 1. The number of hydrogen-bond acceptors (Lipinski definition) is 2. The van der Waals surface area contributed by atoms with Gasteiger partial charge in [0.1, 0.15) is 0 Å². The van der Waals surface area contributed by atoms with Crippen LogP contribution >= 0.6 is 0 Å². The van der Waals surface area contributed by atoms with Crippen LogP contribution in [0.1, 0.15) is 52.5 Å². The minimum absolute atomic E-state index is 0.00443. The first kappa shape index (κ1) is 14.8. The van der Waals surface area contributed by atoms with Gasteiger partial charge in [0, 0.05) is 18.7 Å². The zero-order valence-corrected chi connectivity index (χ0v) is 13.1. The maximum absolute atomic E-state index is 12.4. The zero-order valence-electron chi connectivity index (χ0n) is 13.1. The third-order valence-electron chi connectivity index (χ3n) is 4.33. The first-order valence-electron chi connectivity index (χ1n) is 7.89. The van der Waals surface area contributed by atoms with Gasteiger partial charge < -0.3 is 10.6 Å². The molecule has 1 heterocycles. The highest BCUT2D eigenvalue weighted by atomic mass is 16.1. The average molecular weight is 294 g/mol. The number of nitrogens with one attached hydrogen (secondary N) is 2. The van der Waals surface area contributed by atoms with E-state index in [-0.39, 0.29) is 11.9 Å². The summed E-state index contributed by atoms with van der Waals surface area (Å²) in [6, 6.07) is 14.4. The van der Waals surface area contributed by atoms with Gasteiger partial charge in [-0.25, -0.2) is 0 Å². The number of rotatable bonds is 4. The minimum Gasteiger partial charge on any atom is -0.346 e. The lowest BCUT2D eigenvalue weighted by Crippen LogP contribution is -2.26. The molecular formula is C19H22N2O. The van der Waals surface area contributed by atoms with E-state index in [4.69, 9.17) is 0 Å². The highest BCUT2D eigenvalue weighted by molar-refractivity contribution is 5.94. The summed E-state index contributed by atoms with van der Waals surface area (Å²) in [7, 11) is 0. The largest absolute Gasteiger partial charge is 0.346 e. The Morgan fingerprint density at radius 3 is 2.59 bits per heavy atom. The van der Waals surface area contributed by atoms with Crippen molar-refractivity contribution in [3.05, 3.63) is 70.3 Å². The number of benzene rings is 2. The summed E-state index contributed by atoms with van der Waals surface area (Å²) in [4.78, 5) is 12.4. The van der Waals surface area contributed by atoms with E-state index in [0.717, 1.165) is 30.6 Å². The summed E-state index contributed by atoms with van der Waals surface area (Å²) in [6.07, 6.45) is 1.03. The molecule has 3 heteroatoms. The molecule has 0 fully saturated rings. The molecule has 2 aromatic rings. The lowest BCUT2D eigenvalue weighted by atomic mass is 10.0. The molecule has 3 nitrogen and oxygen atoms in total. The number of amides is 1. The summed E-state index contributed by atoms with van der Waals surface area (Å²) < 4.78 is 0. The van der Waals surface area contributed by atoms with Crippen molar-refractivity contribution < 1.29 is 4.79 Å². The predicted molar refractivity (Wildman–Crippen MR) is 88.7 cm³/mol. The van der Waals surface area contributed by atoms with Gasteiger partial charge in [0.15, 0.2) is 0 Å². The Hall–Kier alpha value is -2.13. The van der Waals surface area contributed by atoms with E-state index >= 15 is 0 Å². The molecule has 0 saturated heterocycles. The monoisotopic (exact) mass is 294 g/mol. The van der Waals surface area contributed by atoms with Crippen molar-refractivity contribution >= 4 is 5.91 Å². The van der Waals surface area contributed by atoms with E-state index in [1.165, 1.54) is 16.7 Å². The Balaban J connectivity index is 1.70. The van der Waals surface area contributed by atoms with Crippen LogP contribution in [-0.4, -0.2) is 5.91 Å². The Kier molecular flexibility index (Phi) is 4.25. The van der Waals surface area contributed by atoms with Crippen LogP contribution in [0.3, 0.4) is 0 Å². The van der Waals surface area contributed by atoms with Crippen molar-refractivity contribution in [2.24, 2.45) is 0 Å². The van der Waals surface area contributed by atoms with Crippen molar-refractivity contribution in [1.29, 1.82) is 0 Å². The molecule has 0 saturated carbocycles. The van der Waals surface area contributed by atoms with E-state index in [1.54, 1.807) is 0 Å². The normalized spacial score (nSPS) is 14.5. The van der Waals surface area contributed by atoms with E-state index in [0.29, 0.717) is 0 Å². The van der Waals surface area contributed by atoms with Crippen LogP contribution in [0.15, 0.2) is 42.5 Å². The Bertz CT molecular complexity index is 676. The Morgan fingerprint density at radius 2 is 1.86 bits per heavy atom. The lowest BCUT2D eigenvalue weighted by molar-refractivity contribution is 0.0940. The maximum atomic E-state index is 12.4. The van der Waals surface area contributed by atoms with Crippen LogP contribution in [0.25, 0.3) is 0 Å². The van der Waals surface area contributed by atoms with Crippen LogP contribution in [0.2, 0.25) is 0 Å². The molecular weight excluding hydrogens is 272 g/mol. The van der Waals surface area contributed by atoms with Gasteiger partial charge in [0.25, 0.3) is 5.91 Å². The third kappa shape index (κ3) is 3.04. The summed E-state index contributed by atoms with van der Waals surface area (Å²) >= 11 is 0. The summed E-state index contributed by atoms with van der Waals surface area (Å²) in [5.41, 5.74) is 5.70. The van der Waals surface area contributed by atoms with E-state index in [1.807, 2.05) is 25.1 Å². The summed E-state index contributed by atoms with van der Waals surface area (Å²) in [5, 5.41) is 6.38. The minimum atomic E-state index is -0.0123. The average Bonchev–Trinajstić information content (AvgIpc) is 3.02. The van der Waals surface area contributed by atoms with Gasteiger partial charge in [0.05, 0.1) is 6.04 Å². The van der Waals surface area contributed by atoms with Gasteiger partial charge in [-0.3, -0.25) is 4.79 Å². The maximum Gasteiger partial charge on any atom is 0.251 e. The molecule has 0 radical (unpaired) electrons. The van der Waals surface area contributed by atoms with Crippen LogP contribution in [0, 0.1) is 0 Å². The van der Waals surface area contributed by atoms with Crippen LogP contribution < -0.4 is 10.6 Å². The Morgan fingerprint density at radius 1 is 1.14 bits per heavy atom. The van der Waals surface area contributed by atoms with E-state index in [2.05, 4.69) is 41.8 Å². The van der Waals surface area contributed by atoms with Crippen LogP contribution in [0.5, 0.6) is 0 Å². The first-order valence-corrected chi connectivity index (χ1v) is 7.89. The van der Waals surface area contributed by atoms with E-state index < -0.39 is 0 Å². The second kappa shape index (κ2) is 6.32. The third-order valence-corrected chi connectivity index (χ3v) is 4.33. The molecule has 114 valence electrons. The van der Waals surface area contributed by atoms with Crippen molar-refractivity contribution in [2.45, 2.75) is 39.4 Å². The van der Waals surface area contributed by atoms with Gasteiger partial charge in [-0.1, -0.05) is 37.3 Å². The van der Waals surface area contributed by atoms with Crippen molar-refractivity contribution in [2.75, 3.05) is 0 Å². The van der Waals surface area contributed by atoms with Crippen molar-refractivity contribution in [1.82, 2.24) is 10.6 Å². The van der Waals surface area contributed by atoms with Gasteiger partial charge in [-0.15, -0.1) is 0 Å². The topological polar surface area (TPSA) is 41.1 Å². The first-order chi connectivity index (χ1) is 10.7. The predicted octanol–water partition coefficient (Wildman–Crippen LogP) is 3.34. The molecule has 2 N–H and O–H groups in total. The SMILES string of the molecule is CCc1ccc(C(C)NC(=O)c2ccc3c(c2)CNC3)cc1. The number of carbonyl (C=O) groups is 1. The quantitative estimate of drug-likeness (QED) is 0.908. The fourth-order valence-corrected chi connectivity index (χ4v) is 2.84. The van der Waals surface area contributed by atoms with Crippen LogP contribution in [-0.2, 0) is 19.5 Å². The number of aryl methyl sites for hydroxylation is 1. The molecule has 1 aliphatic rings. The van der Waals surface area contributed by atoms with Gasteiger partial charge in [-0.05, 0) is 47.7 Å². The summed E-state index contributed by atoms with van der Waals surface area (Å²) in [5.74, 6) is -0.0123. The molecule has 2 aromatic carbocycles. The lowest BCUT2D eigenvalue weighted by Gasteiger charge is -2.15. The summed E-state index contributed by atoms with van der Waals surface area (Å²) in [6.45, 7) is 5.92. The second-order valence-corrected chi connectivity index (χ2v) is 5.88. The van der Waals surface area contributed by atoms with Gasteiger partial charge in [-0.2, -0.15) is 0 Å². The molecule has 0 aromatic heterocycles. The van der Waals surface area contributed by atoms with Gasteiger partial charge >= 0.3 is 0 Å². The number of hydrogen-bond donors (Lipinski definition) is 2. The molecule has 22 heavy (non-hydrogen) atoms. The fourth-order valence-electron chi connectivity index (χ4n) is 2.84. The van der Waals surface area contributed by atoms with Crippen molar-refractivity contribution in [3.63, 3.8) is 0 Å². The molecule has 1 unspecified atom stereocenters. The highest BCUT2D eigenvalue weighted by Gasteiger charge is 2.15. The molecule has 1 atom stereocenters. The standard InChI is InChI=1S/C19H22N2O/c1-3-14-4-6-15(7-5-14)13(2)21-19(22)16-8-9-17-11-20-12-18(17)10-16/h4-10,13,20H,3,11-12H2,1-2H3,(H,21,22). The van der Waals surface area contributed by atoms with Crippen molar-refractivity contribution in [3.8, 4) is 0 Å². The zero-order chi connectivity index (χ0) is 15.5. The fraction of sp³-hybridized carbons (Fsp3) is 0.316. The second-order valence-electron chi connectivity index (χ2n) is 5.88. The van der Waals surface area contributed by atoms with Crippen LogP contribution in [0.4, 0.5) is 0 Å². The molecule has 0 aliphatic carbocycles. The molecule has 0 bridgehead atoms. The molecule has 0 spiro atoms. The highest BCUT2D eigenvalue weighted by Crippen LogP contribution is 2.18. The smallest absolute Gasteiger partial charge is 0.251 e. The van der Waals surface area contributed by atoms with E-state index in [9.17, 15) is 4.79 Å².